The Morgan fingerprint density at radius 1 is 1.03 bits per heavy atom. The lowest BCUT2D eigenvalue weighted by atomic mass is 10.1. The first-order chi connectivity index (χ1) is 16.6. The molecule has 0 fully saturated rings. The van der Waals surface area contributed by atoms with Crippen molar-refractivity contribution in [3.63, 3.8) is 0 Å². The van der Waals surface area contributed by atoms with E-state index in [1.807, 2.05) is 13.8 Å². The van der Waals surface area contributed by atoms with Crippen molar-refractivity contribution in [2.45, 2.75) is 33.6 Å². The van der Waals surface area contributed by atoms with E-state index in [0.717, 1.165) is 6.07 Å². The molecule has 0 spiro atoms. The molecule has 0 unspecified atom stereocenters. The molecule has 1 aromatic carbocycles. The van der Waals surface area contributed by atoms with Gasteiger partial charge in [0.25, 0.3) is 0 Å². The number of hydrogen-bond donors (Lipinski definition) is 1. The van der Waals surface area contributed by atoms with Crippen LogP contribution in [0.15, 0.2) is 48.7 Å². The number of hydrogen-bond acceptors (Lipinski definition) is 6. The molecule has 3 heterocycles. The van der Waals surface area contributed by atoms with Gasteiger partial charge in [0.05, 0.1) is 16.6 Å². The zero-order valence-corrected chi connectivity index (χ0v) is 19.3. The third-order valence-electron chi connectivity index (χ3n) is 5.06. The molecule has 0 aliphatic heterocycles. The van der Waals surface area contributed by atoms with Gasteiger partial charge in [-0.05, 0) is 60.9 Å². The first-order valence-electron chi connectivity index (χ1n) is 10.9. The monoisotopic (exact) mass is 485 g/mol. The van der Waals surface area contributed by atoms with E-state index in [1.165, 1.54) is 24.4 Å². The van der Waals surface area contributed by atoms with Gasteiger partial charge in [0, 0.05) is 18.5 Å². The number of aryl methyl sites for hydroxylation is 1. The highest BCUT2D eigenvalue weighted by molar-refractivity contribution is 5.90. The van der Waals surface area contributed by atoms with Crippen LogP contribution in [0, 0.1) is 18.7 Å². The van der Waals surface area contributed by atoms with Crippen molar-refractivity contribution in [2.75, 3.05) is 11.9 Å². The molecule has 0 bridgehead atoms. The maximum absolute atomic E-state index is 13.7. The molecule has 10 heteroatoms. The predicted molar refractivity (Wildman–Crippen MR) is 124 cm³/mol. The quantitative estimate of drug-likeness (QED) is 0.303. The predicted octanol–water partition coefficient (Wildman–Crippen LogP) is 6.47. The standard InChI is InChI=1S/C25H23F4N5O/c1-14(2)12-35-13-21-33-23(31-16-6-8-19(26)15(3)11-16)17-7-9-20(32-24(17)34-21)22-18(25(27,28)29)5-4-10-30-22/h4-11,14H,12-13H2,1-3H3,(H,31,32,33,34). The SMILES string of the molecule is Cc1cc(Nc2nc(COCC(C)C)nc3nc(-c4ncccc4C(F)(F)F)ccc23)ccc1F. The largest absolute Gasteiger partial charge is 0.418 e. The fraction of sp³-hybridized carbons (Fsp3) is 0.280. The maximum atomic E-state index is 13.7. The molecular formula is C25H23F4N5O. The van der Waals surface area contributed by atoms with Crippen molar-refractivity contribution in [1.29, 1.82) is 0 Å². The van der Waals surface area contributed by atoms with Gasteiger partial charge < -0.3 is 10.1 Å². The smallest absolute Gasteiger partial charge is 0.373 e. The van der Waals surface area contributed by atoms with Gasteiger partial charge in [0.15, 0.2) is 11.5 Å². The summed E-state index contributed by atoms with van der Waals surface area (Å²) >= 11 is 0. The van der Waals surface area contributed by atoms with Crippen molar-refractivity contribution in [3.05, 3.63) is 71.4 Å². The number of fused-ring (bicyclic) bond motifs is 1. The van der Waals surface area contributed by atoms with Crippen LogP contribution in [0.2, 0.25) is 0 Å². The third-order valence-corrected chi connectivity index (χ3v) is 5.06. The van der Waals surface area contributed by atoms with E-state index in [2.05, 4.69) is 25.3 Å². The minimum Gasteiger partial charge on any atom is -0.373 e. The lowest BCUT2D eigenvalue weighted by Gasteiger charge is -2.14. The summed E-state index contributed by atoms with van der Waals surface area (Å²) in [5.74, 6) is 0.638. The van der Waals surface area contributed by atoms with Crippen molar-refractivity contribution in [1.82, 2.24) is 19.9 Å². The van der Waals surface area contributed by atoms with E-state index in [0.29, 0.717) is 40.8 Å². The van der Waals surface area contributed by atoms with Crippen LogP contribution in [0.5, 0.6) is 0 Å². The second-order valence-corrected chi connectivity index (χ2v) is 8.45. The van der Waals surface area contributed by atoms with E-state index in [1.54, 1.807) is 25.1 Å². The van der Waals surface area contributed by atoms with E-state index >= 15 is 0 Å². The minimum absolute atomic E-state index is 0.0294. The van der Waals surface area contributed by atoms with Gasteiger partial charge in [0.1, 0.15) is 23.9 Å². The number of nitrogens with zero attached hydrogens (tertiary/aromatic N) is 4. The number of pyridine rings is 2. The average molecular weight is 485 g/mol. The van der Waals surface area contributed by atoms with Crippen LogP contribution in [0.4, 0.5) is 29.1 Å². The Labute approximate surface area is 199 Å². The Morgan fingerprint density at radius 3 is 2.54 bits per heavy atom. The Bertz CT molecular complexity index is 1360. The lowest BCUT2D eigenvalue weighted by Crippen LogP contribution is -2.10. The topological polar surface area (TPSA) is 72.8 Å². The van der Waals surface area contributed by atoms with Gasteiger partial charge in [-0.15, -0.1) is 0 Å². The fourth-order valence-electron chi connectivity index (χ4n) is 3.43. The summed E-state index contributed by atoms with van der Waals surface area (Å²) in [6, 6.07) is 9.75. The van der Waals surface area contributed by atoms with Gasteiger partial charge in [-0.2, -0.15) is 13.2 Å². The summed E-state index contributed by atoms with van der Waals surface area (Å²) in [5, 5.41) is 3.62. The molecule has 1 N–H and O–H groups in total. The van der Waals surface area contributed by atoms with Crippen molar-refractivity contribution in [2.24, 2.45) is 5.92 Å². The molecule has 0 aliphatic rings. The Hall–Kier alpha value is -3.66. The summed E-state index contributed by atoms with van der Waals surface area (Å²) in [6.45, 7) is 6.23. The molecule has 35 heavy (non-hydrogen) atoms. The Kier molecular flexibility index (Phi) is 6.93. The average Bonchev–Trinajstić information content (AvgIpc) is 2.80. The molecule has 0 radical (unpaired) electrons. The normalized spacial score (nSPS) is 11.9. The van der Waals surface area contributed by atoms with E-state index in [4.69, 9.17) is 4.74 Å². The molecule has 0 aliphatic carbocycles. The maximum Gasteiger partial charge on any atom is 0.418 e. The molecule has 3 aromatic heterocycles. The molecule has 4 aromatic rings. The van der Waals surface area contributed by atoms with Crippen LogP contribution in [0.1, 0.15) is 30.8 Å². The zero-order chi connectivity index (χ0) is 25.2. The first kappa shape index (κ1) is 24.5. The number of alkyl halides is 3. The number of ether oxygens (including phenoxy) is 1. The summed E-state index contributed by atoms with van der Waals surface area (Å²) < 4.78 is 60.0. The molecule has 0 atom stereocenters. The third kappa shape index (κ3) is 5.71. The van der Waals surface area contributed by atoms with Gasteiger partial charge >= 0.3 is 6.18 Å². The zero-order valence-electron chi connectivity index (χ0n) is 19.3. The van der Waals surface area contributed by atoms with Crippen molar-refractivity contribution in [3.8, 4) is 11.4 Å². The number of rotatable bonds is 7. The lowest BCUT2D eigenvalue weighted by molar-refractivity contribution is -0.137. The van der Waals surface area contributed by atoms with E-state index in [-0.39, 0.29) is 29.5 Å². The molecule has 0 amide bonds. The highest BCUT2D eigenvalue weighted by atomic mass is 19.4. The Morgan fingerprint density at radius 2 is 1.83 bits per heavy atom. The highest BCUT2D eigenvalue weighted by Gasteiger charge is 2.34. The van der Waals surface area contributed by atoms with Gasteiger partial charge in [-0.25, -0.2) is 19.3 Å². The fourth-order valence-corrected chi connectivity index (χ4v) is 3.43. The van der Waals surface area contributed by atoms with Gasteiger partial charge in [0.2, 0.25) is 0 Å². The number of aromatic nitrogens is 4. The number of benzene rings is 1. The van der Waals surface area contributed by atoms with E-state index < -0.39 is 11.7 Å². The van der Waals surface area contributed by atoms with Crippen LogP contribution in [-0.2, 0) is 17.5 Å². The molecule has 182 valence electrons. The summed E-state index contributed by atoms with van der Waals surface area (Å²) in [6.07, 6.45) is -3.31. The molecular weight excluding hydrogens is 462 g/mol. The second kappa shape index (κ2) is 9.91. The van der Waals surface area contributed by atoms with Crippen LogP contribution in [-0.4, -0.2) is 26.5 Å². The van der Waals surface area contributed by atoms with Gasteiger partial charge in [-0.3, -0.25) is 4.98 Å². The number of nitrogens with one attached hydrogen (secondary N) is 1. The van der Waals surface area contributed by atoms with Crippen molar-refractivity contribution >= 4 is 22.5 Å². The van der Waals surface area contributed by atoms with Gasteiger partial charge in [-0.1, -0.05) is 13.8 Å². The summed E-state index contributed by atoms with van der Waals surface area (Å²) in [5.41, 5.74) is 0.0704. The minimum atomic E-state index is -4.59. The molecule has 6 nitrogen and oxygen atoms in total. The van der Waals surface area contributed by atoms with E-state index in [9.17, 15) is 17.6 Å². The molecule has 0 saturated carbocycles. The number of halogens is 4. The number of anilines is 2. The van der Waals surface area contributed by atoms with Crippen LogP contribution < -0.4 is 5.32 Å². The van der Waals surface area contributed by atoms with Crippen LogP contribution in [0.3, 0.4) is 0 Å². The summed E-state index contributed by atoms with van der Waals surface area (Å²) in [7, 11) is 0. The van der Waals surface area contributed by atoms with Crippen LogP contribution >= 0.6 is 0 Å². The summed E-state index contributed by atoms with van der Waals surface area (Å²) in [4.78, 5) is 17.3. The molecule has 0 saturated heterocycles. The van der Waals surface area contributed by atoms with Crippen molar-refractivity contribution < 1.29 is 22.3 Å². The molecule has 4 rings (SSSR count). The van der Waals surface area contributed by atoms with Crippen LogP contribution in [0.25, 0.3) is 22.4 Å². The second-order valence-electron chi connectivity index (χ2n) is 8.45. The Balaban J connectivity index is 1.80. The highest BCUT2D eigenvalue weighted by Crippen LogP contribution is 2.36. The first-order valence-corrected chi connectivity index (χ1v) is 10.9.